The van der Waals surface area contributed by atoms with Crippen LogP contribution in [0.25, 0.3) is 0 Å². The third-order valence-electron chi connectivity index (χ3n) is 5.75. The quantitative estimate of drug-likeness (QED) is 0.611. The second kappa shape index (κ2) is 7.38. The predicted octanol–water partition coefficient (Wildman–Crippen LogP) is 2.77. The number of amides is 1. The Labute approximate surface area is 168 Å². The van der Waals surface area contributed by atoms with E-state index in [1.807, 2.05) is 18.2 Å². The lowest BCUT2D eigenvalue weighted by atomic mass is 9.87. The van der Waals surface area contributed by atoms with E-state index < -0.39 is 10.5 Å². The number of rotatable bonds is 5. The minimum atomic E-state index is -0.477. The maximum absolute atomic E-state index is 12.9. The number of aryl methyl sites for hydroxylation is 1. The lowest BCUT2D eigenvalue weighted by molar-refractivity contribution is -0.386. The fraction of sp³-hybridized carbons (Fsp3) is 0.500. The van der Waals surface area contributed by atoms with Gasteiger partial charge in [0.05, 0.1) is 10.5 Å². The van der Waals surface area contributed by atoms with Gasteiger partial charge in [-0.3, -0.25) is 19.6 Å². The van der Waals surface area contributed by atoms with E-state index in [1.54, 1.807) is 13.8 Å². The van der Waals surface area contributed by atoms with Gasteiger partial charge in [-0.1, -0.05) is 18.9 Å². The van der Waals surface area contributed by atoms with Crippen molar-refractivity contribution in [3.05, 3.63) is 45.3 Å². The van der Waals surface area contributed by atoms with Crippen LogP contribution in [0, 0.1) is 24.0 Å². The van der Waals surface area contributed by atoms with Crippen molar-refractivity contribution in [3.8, 4) is 11.5 Å². The van der Waals surface area contributed by atoms with E-state index in [0.29, 0.717) is 30.4 Å². The molecule has 2 aliphatic rings. The normalized spacial score (nSPS) is 17.2. The molecule has 4 rings (SSSR count). The molecule has 0 bridgehead atoms. The summed E-state index contributed by atoms with van der Waals surface area (Å²) in [7, 11) is 0. The van der Waals surface area contributed by atoms with Gasteiger partial charge in [-0.2, -0.15) is 5.10 Å². The van der Waals surface area contributed by atoms with E-state index in [4.69, 9.17) is 9.47 Å². The molecule has 1 aliphatic carbocycles. The van der Waals surface area contributed by atoms with E-state index in [9.17, 15) is 14.9 Å². The van der Waals surface area contributed by atoms with Crippen molar-refractivity contribution in [1.29, 1.82) is 0 Å². The summed E-state index contributed by atoms with van der Waals surface area (Å²) in [4.78, 5) is 23.6. The molecule has 1 aromatic heterocycles. The van der Waals surface area contributed by atoms with Crippen LogP contribution < -0.4 is 14.8 Å². The summed E-state index contributed by atoms with van der Waals surface area (Å²) in [6.07, 6.45) is 3.69. The fourth-order valence-corrected chi connectivity index (χ4v) is 4.35. The average Bonchev–Trinajstić information content (AvgIpc) is 3.26. The van der Waals surface area contributed by atoms with Crippen LogP contribution in [-0.4, -0.2) is 33.8 Å². The van der Waals surface area contributed by atoms with Gasteiger partial charge < -0.3 is 14.8 Å². The van der Waals surface area contributed by atoms with Gasteiger partial charge >= 0.3 is 5.69 Å². The highest BCUT2D eigenvalue weighted by Crippen LogP contribution is 2.42. The number of hydrogen-bond donors (Lipinski definition) is 1. The molecule has 9 heteroatoms. The summed E-state index contributed by atoms with van der Waals surface area (Å²) in [5.74, 6) is 1.19. The van der Waals surface area contributed by atoms with Gasteiger partial charge in [-0.15, -0.1) is 0 Å². The van der Waals surface area contributed by atoms with Crippen LogP contribution in [-0.2, 0) is 16.9 Å². The Morgan fingerprint density at radius 3 is 2.59 bits per heavy atom. The molecule has 1 aliphatic heterocycles. The van der Waals surface area contributed by atoms with Gasteiger partial charge in [0.15, 0.2) is 11.5 Å². The fourth-order valence-electron chi connectivity index (χ4n) is 4.35. The number of benzene rings is 1. The number of nitro groups is 1. The number of fused-ring (bicyclic) bond motifs is 1. The van der Waals surface area contributed by atoms with Crippen molar-refractivity contribution in [2.75, 3.05) is 13.2 Å². The Hall–Kier alpha value is -3.10. The molecular formula is C20H24N4O5. The number of aromatic nitrogens is 2. The van der Waals surface area contributed by atoms with Crippen LogP contribution in [0.3, 0.4) is 0 Å². The molecule has 1 fully saturated rings. The van der Waals surface area contributed by atoms with Crippen LogP contribution in [0.2, 0.25) is 0 Å². The van der Waals surface area contributed by atoms with E-state index in [-0.39, 0.29) is 18.1 Å². The summed E-state index contributed by atoms with van der Waals surface area (Å²) in [6.45, 7) is 4.16. The molecule has 0 saturated heterocycles. The van der Waals surface area contributed by atoms with Crippen molar-refractivity contribution in [2.24, 2.45) is 0 Å². The molecule has 154 valence electrons. The summed E-state index contributed by atoms with van der Waals surface area (Å²) in [5, 5.41) is 18.6. The maximum Gasteiger partial charge on any atom is 0.312 e. The highest BCUT2D eigenvalue weighted by atomic mass is 16.6. The number of ether oxygens (including phenoxy) is 2. The SMILES string of the molecule is Cc1nn(CC(=O)NC2(c3ccc4c(c3)OCCO4)CCCC2)c(C)c1[N+](=O)[O-]. The zero-order chi connectivity index (χ0) is 20.6. The Morgan fingerprint density at radius 1 is 1.24 bits per heavy atom. The van der Waals surface area contributed by atoms with Gasteiger partial charge in [0.2, 0.25) is 5.91 Å². The summed E-state index contributed by atoms with van der Waals surface area (Å²) in [5.41, 5.74) is 1.16. The highest BCUT2D eigenvalue weighted by Gasteiger charge is 2.38. The minimum absolute atomic E-state index is 0.0415. The first-order chi connectivity index (χ1) is 13.9. The van der Waals surface area contributed by atoms with Crippen molar-refractivity contribution in [1.82, 2.24) is 15.1 Å². The van der Waals surface area contributed by atoms with Gasteiger partial charge in [-0.05, 0) is 44.4 Å². The molecule has 29 heavy (non-hydrogen) atoms. The van der Waals surface area contributed by atoms with Crippen molar-refractivity contribution in [3.63, 3.8) is 0 Å². The summed E-state index contributed by atoms with van der Waals surface area (Å²) in [6, 6.07) is 5.82. The van der Waals surface area contributed by atoms with E-state index in [2.05, 4.69) is 10.4 Å². The molecule has 2 aromatic rings. The van der Waals surface area contributed by atoms with Crippen molar-refractivity contribution < 1.29 is 19.2 Å². The largest absolute Gasteiger partial charge is 0.486 e. The smallest absolute Gasteiger partial charge is 0.312 e. The minimum Gasteiger partial charge on any atom is -0.486 e. The Kier molecular flexibility index (Phi) is 4.89. The topological polar surface area (TPSA) is 109 Å². The van der Waals surface area contributed by atoms with E-state index in [0.717, 1.165) is 37.0 Å². The lowest BCUT2D eigenvalue weighted by Gasteiger charge is -2.32. The molecule has 0 unspecified atom stereocenters. The predicted molar refractivity (Wildman–Crippen MR) is 104 cm³/mol. The second-order valence-corrected chi connectivity index (χ2v) is 7.63. The first-order valence-corrected chi connectivity index (χ1v) is 9.79. The molecule has 9 nitrogen and oxygen atoms in total. The maximum atomic E-state index is 12.9. The number of carbonyl (C=O) groups is 1. The highest BCUT2D eigenvalue weighted by molar-refractivity contribution is 5.77. The number of hydrogen-bond acceptors (Lipinski definition) is 6. The molecule has 0 radical (unpaired) electrons. The van der Waals surface area contributed by atoms with Gasteiger partial charge in [0.25, 0.3) is 0 Å². The molecule has 0 spiro atoms. The Morgan fingerprint density at radius 2 is 1.93 bits per heavy atom. The van der Waals surface area contributed by atoms with Crippen LogP contribution in [0.15, 0.2) is 18.2 Å². The third kappa shape index (κ3) is 3.52. The van der Waals surface area contributed by atoms with Crippen LogP contribution in [0.5, 0.6) is 11.5 Å². The number of carbonyl (C=O) groups excluding carboxylic acids is 1. The lowest BCUT2D eigenvalue weighted by Crippen LogP contribution is -2.45. The molecule has 1 N–H and O–H groups in total. The van der Waals surface area contributed by atoms with Crippen molar-refractivity contribution >= 4 is 11.6 Å². The first-order valence-electron chi connectivity index (χ1n) is 9.79. The van der Waals surface area contributed by atoms with Gasteiger partial charge in [0.1, 0.15) is 31.1 Å². The van der Waals surface area contributed by atoms with Crippen LogP contribution in [0.1, 0.15) is 42.6 Å². The molecule has 1 aromatic carbocycles. The zero-order valence-electron chi connectivity index (χ0n) is 16.6. The first kappa shape index (κ1) is 19.2. The zero-order valence-corrected chi connectivity index (χ0v) is 16.6. The molecule has 2 heterocycles. The Balaban J connectivity index is 1.57. The van der Waals surface area contributed by atoms with Crippen LogP contribution in [0.4, 0.5) is 5.69 Å². The molecular weight excluding hydrogens is 376 g/mol. The summed E-state index contributed by atoms with van der Waals surface area (Å²) < 4.78 is 12.7. The van der Waals surface area contributed by atoms with Gasteiger partial charge in [-0.25, -0.2) is 0 Å². The van der Waals surface area contributed by atoms with Crippen molar-refractivity contribution in [2.45, 2.75) is 51.6 Å². The third-order valence-corrected chi connectivity index (χ3v) is 5.75. The standard InChI is InChI=1S/C20H24N4O5/c1-13-19(24(26)27)14(2)23(22-13)12-18(25)21-20(7-3-4-8-20)15-5-6-16-17(11-15)29-10-9-28-16/h5-6,11H,3-4,7-10,12H2,1-2H3,(H,21,25). The number of nitrogens with one attached hydrogen (secondary N) is 1. The number of nitrogens with zero attached hydrogens (tertiary/aromatic N) is 3. The second-order valence-electron chi connectivity index (χ2n) is 7.63. The summed E-state index contributed by atoms with van der Waals surface area (Å²) >= 11 is 0. The van der Waals surface area contributed by atoms with E-state index >= 15 is 0 Å². The van der Waals surface area contributed by atoms with E-state index in [1.165, 1.54) is 4.68 Å². The molecule has 1 amide bonds. The molecule has 0 atom stereocenters. The molecule has 1 saturated carbocycles. The monoisotopic (exact) mass is 400 g/mol. The Bertz CT molecular complexity index is 962. The van der Waals surface area contributed by atoms with Gasteiger partial charge in [0, 0.05) is 0 Å². The van der Waals surface area contributed by atoms with Crippen LogP contribution >= 0.6 is 0 Å². The average molecular weight is 400 g/mol.